The van der Waals surface area contributed by atoms with Crippen LogP contribution in [0.25, 0.3) is 10.8 Å². The van der Waals surface area contributed by atoms with Crippen molar-refractivity contribution >= 4 is 45.5 Å². The van der Waals surface area contributed by atoms with E-state index in [0.29, 0.717) is 15.9 Å². The molecular weight excluding hydrogens is 247 g/mol. The third-order valence-corrected chi connectivity index (χ3v) is 2.80. The summed E-state index contributed by atoms with van der Waals surface area (Å²) in [5.41, 5.74) is 6.39. The van der Waals surface area contributed by atoms with Gasteiger partial charge in [0, 0.05) is 22.8 Å². The zero-order valence-electron chi connectivity index (χ0n) is 8.54. The Balaban J connectivity index is 2.92. The molecule has 0 aliphatic heterocycles. The molecule has 1 heterocycles. The lowest BCUT2D eigenvalue weighted by molar-refractivity contribution is 1.02. The summed E-state index contributed by atoms with van der Waals surface area (Å²) in [5, 5.41) is 3.90. The van der Waals surface area contributed by atoms with Crippen molar-refractivity contribution < 1.29 is 0 Å². The third-order valence-electron chi connectivity index (χ3n) is 2.27. The first-order valence-corrected chi connectivity index (χ1v) is 5.29. The minimum absolute atomic E-state index is 0.282. The van der Waals surface area contributed by atoms with Crippen molar-refractivity contribution in [3.8, 4) is 0 Å². The predicted molar refractivity (Wildman–Crippen MR) is 68.8 cm³/mol. The molecule has 16 heavy (non-hydrogen) atoms. The van der Waals surface area contributed by atoms with E-state index in [2.05, 4.69) is 4.98 Å². The molecule has 0 radical (unpaired) electrons. The number of hydrazine groups is 1. The first-order valence-electron chi connectivity index (χ1n) is 4.53. The lowest BCUT2D eigenvalue weighted by atomic mass is 10.1. The largest absolute Gasteiger partial charge is 0.382 e. The molecule has 0 aliphatic rings. The number of hydrogen-bond acceptors (Lipinski definition) is 4. The highest BCUT2D eigenvalue weighted by Crippen LogP contribution is 2.35. The van der Waals surface area contributed by atoms with E-state index in [1.54, 1.807) is 25.2 Å². The molecular formula is C10H10Cl2N4. The molecule has 0 aliphatic carbocycles. The molecule has 0 amide bonds. The Labute approximate surface area is 103 Å². The fraction of sp³-hybridized carbons (Fsp3) is 0.100. The lowest BCUT2D eigenvalue weighted by Gasteiger charge is -2.17. The number of aromatic nitrogens is 1. The van der Waals surface area contributed by atoms with Gasteiger partial charge in [0.05, 0.1) is 0 Å². The summed E-state index contributed by atoms with van der Waals surface area (Å²) in [6.45, 7) is 0. The standard InChI is InChI=1S/C10H10Cl2N4/c1-16(14)8-7-4-5(11)2-3-6(7)9(12)15-10(8)13/h2-4H,14H2,1H3,(H2,13,15). The van der Waals surface area contributed by atoms with E-state index in [0.717, 1.165) is 10.8 Å². The van der Waals surface area contributed by atoms with Gasteiger partial charge in [0.2, 0.25) is 0 Å². The van der Waals surface area contributed by atoms with Crippen LogP contribution in [-0.2, 0) is 0 Å². The highest BCUT2D eigenvalue weighted by atomic mass is 35.5. The maximum Gasteiger partial charge on any atom is 0.150 e. The minimum atomic E-state index is 0.282. The summed E-state index contributed by atoms with van der Waals surface area (Å²) in [6.07, 6.45) is 0. The van der Waals surface area contributed by atoms with Crippen LogP contribution < -0.4 is 16.6 Å². The van der Waals surface area contributed by atoms with Gasteiger partial charge in [-0.15, -0.1) is 0 Å². The van der Waals surface area contributed by atoms with Gasteiger partial charge in [-0.2, -0.15) is 0 Å². The number of anilines is 2. The van der Waals surface area contributed by atoms with Crippen LogP contribution in [0.3, 0.4) is 0 Å². The molecule has 0 fully saturated rings. The Hall–Kier alpha value is -1.23. The van der Waals surface area contributed by atoms with Crippen molar-refractivity contribution in [3.63, 3.8) is 0 Å². The Morgan fingerprint density at radius 1 is 1.25 bits per heavy atom. The fourth-order valence-corrected chi connectivity index (χ4v) is 2.05. The smallest absolute Gasteiger partial charge is 0.150 e. The Morgan fingerprint density at radius 3 is 2.56 bits per heavy atom. The van der Waals surface area contributed by atoms with Crippen molar-refractivity contribution in [2.75, 3.05) is 17.8 Å². The Morgan fingerprint density at radius 2 is 1.94 bits per heavy atom. The van der Waals surface area contributed by atoms with Gasteiger partial charge in [-0.1, -0.05) is 23.2 Å². The van der Waals surface area contributed by atoms with Gasteiger partial charge in [0.15, 0.2) is 5.82 Å². The summed E-state index contributed by atoms with van der Waals surface area (Å²) < 4.78 is 0. The molecule has 84 valence electrons. The summed E-state index contributed by atoms with van der Waals surface area (Å²) in [7, 11) is 1.68. The molecule has 0 saturated carbocycles. The van der Waals surface area contributed by atoms with Crippen LogP contribution in [0.15, 0.2) is 18.2 Å². The molecule has 6 heteroatoms. The van der Waals surface area contributed by atoms with Crippen molar-refractivity contribution in [2.24, 2.45) is 5.84 Å². The first-order chi connectivity index (χ1) is 7.50. The topological polar surface area (TPSA) is 68.2 Å². The predicted octanol–water partition coefficient (Wildman–Crippen LogP) is 2.43. The van der Waals surface area contributed by atoms with Crippen LogP contribution in [0.5, 0.6) is 0 Å². The van der Waals surface area contributed by atoms with E-state index in [4.69, 9.17) is 34.8 Å². The maximum atomic E-state index is 6.00. The Bertz CT molecular complexity index is 554. The maximum absolute atomic E-state index is 6.00. The van der Waals surface area contributed by atoms with Crippen molar-refractivity contribution in [3.05, 3.63) is 28.4 Å². The molecule has 1 aromatic carbocycles. The average Bonchev–Trinajstić information content (AvgIpc) is 2.15. The second-order valence-corrected chi connectivity index (χ2v) is 4.23. The van der Waals surface area contributed by atoms with Crippen LogP contribution in [-0.4, -0.2) is 12.0 Å². The Kier molecular flexibility index (Phi) is 2.80. The van der Waals surface area contributed by atoms with E-state index in [1.807, 2.05) is 0 Å². The van der Waals surface area contributed by atoms with Crippen molar-refractivity contribution in [1.82, 2.24) is 4.98 Å². The molecule has 4 nitrogen and oxygen atoms in total. The molecule has 0 unspecified atom stereocenters. The van der Waals surface area contributed by atoms with Gasteiger partial charge in [-0.3, -0.25) is 0 Å². The van der Waals surface area contributed by atoms with Crippen molar-refractivity contribution in [2.45, 2.75) is 0 Å². The number of nitrogen functional groups attached to an aromatic ring is 1. The highest BCUT2D eigenvalue weighted by Gasteiger charge is 2.13. The van der Waals surface area contributed by atoms with E-state index in [1.165, 1.54) is 5.01 Å². The van der Waals surface area contributed by atoms with Gasteiger partial charge >= 0.3 is 0 Å². The van der Waals surface area contributed by atoms with E-state index >= 15 is 0 Å². The number of hydrogen-bond donors (Lipinski definition) is 2. The highest BCUT2D eigenvalue weighted by molar-refractivity contribution is 6.36. The number of nitrogens with two attached hydrogens (primary N) is 2. The van der Waals surface area contributed by atoms with Crippen LogP contribution in [0.2, 0.25) is 10.2 Å². The average molecular weight is 257 g/mol. The van der Waals surface area contributed by atoms with Gasteiger partial charge in [-0.25, -0.2) is 10.8 Å². The number of pyridine rings is 1. The van der Waals surface area contributed by atoms with Gasteiger partial charge in [0.25, 0.3) is 0 Å². The summed E-state index contributed by atoms with van der Waals surface area (Å²) in [5.74, 6) is 5.99. The SMILES string of the molecule is CN(N)c1c(N)nc(Cl)c2ccc(Cl)cc12. The molecule has 4 N–H and O–H groups in total. The van der Waals surface area contributed by atoms with Crippen LogP contribution in [0, 0.1) is 0 Å². The minimum Gasteiger partial charge on any atom is -0.382 e. The number of halogens is 2. The number of rotatable bonds is 1. The van der Waals surface area contributed by atoms with E-state index in [9.17, 15) is 0 Å². The zero-order valence-corrected chi connectivity index (χ0v) is 10.0. The normalized spacial score (nSPS) is 10.8. The summed E-state index contributed by atoms with van der Waals surface area (Å²) in [4.78, 5) is 4.03. The molecule has 0 saturated heterocycles. The van der Waals surface area contributed by atoms with E-state index in [-0.39, 0.29) is 5.82 Å². The van der Waals surface area contributed by atoms with Gasteiger partial charge in [0.1, 0.15) is 10.8 Å². The molecule has 2 aromatic rings. The fourth-order valence-electron chi connectivity index (χ4n) is 1.62. The zero-order chi connectivity index (χ0) is 11.9. The summed E-state index contributed by atoms with van der Waals surface area (Å²) in [6, 6.07) is 5.30. The van der Waals surface area contributed by atoms with E-state index < -0.39 is 0 Å². The van der Waals surface area contributed by atoms with Gasteiger partial charge in [-0.05, 0) is 18.2 Å². The molecule has 2 rings (SSSR count). The molecule has 0 spiro atoms. The summed E-state index contributed by atoms with van der Waals surface area (Å²) >= 11 is 11.9. The van der Waals surface area contributed by atoms with Gasteiger partial charge < -0.3 is 10.7 Å². The monoisotopic (exact) mass is 256 g/mol. The quantitative estimate of drug-likeness (QED) is 0.467. The number of fused-ring (bicyclic) bond motifs is 1. The van der Waals surface area contributed by atoms with Crippen LogP contribution in [0.1, 0.15) is 0 Å². The number of benzene rings is 1. The second-order valence-electron chi connectivity index (χ2n) is 3.44. The molecule has 0 bridgehead atoms. The van der Waals surface area contributed by atoms with Crippen LogP contribution in [0.4, 0.5) is 11.5 Å². The number of nitrogens with zero attached hydrogens (tertiary/aromatic N) is 2. The molecule has 1 aromatic heterocycles. The molecule has 0 atom stereocenters. The van der Waals surface area contributed by atoms with Crippen LogP contribution >= 0.6 is 23.2 Å². The third kappa shape index (κ3) is 1.75. The lowest BCUT2D eigenvalue weighted by Crippen LogP contribution is -2.26. The second kappa shape index (κ2) is 3.97. The van der Waals surface area contributed by atoms with Crippen molar-refractivity contribution in [1.29, 1.82) is 0 Å². The first kappa shape index (κ1) is 11.3.